The Kier molecular flexibility index (Phi) is 5.21. The van der Waals surface area contributed by atoms with E-state index in [1.54, 1.807) is 7.11 Å². The predicted octanol–water partition coefficient (Wildman–Crippen LogP) is 0.584. The lowest BCUT2D eigenvalue weighted by atomic mass is 10.3. The van der Waals surface area contributed by atoms with Gasteiger partial charge in [0, 0.05) is 20.1 Å². The van der Waals surface area contributed by atoms with E-state index in [2.05, 4.69) is 4.74 Å². The van der Waals surface area contributed by atoms with Crippen molar-refractivity contribution >= 4 is 6.47 Å². The fourth-order valence-corrected chi connectivity index (χ4v) is 0.447. The Labute approximate surface area is 55.0 Å². The summed E-state index contributed by atoms with van der Waals surface area (Å²) in [4.78, 5) is 9.72. The molecule has 0 amide bonds. The van der Waals surface area contributed by atoms with Crippen LogP contribution in [0.1, 0.15) is 13.3 Å². The van der Waals surface area contributed by atoms with E-state index in [9.17, 15) is 4.79 Å². The minimum absolute atomic E-state index is 0.0255. The first kappa shape index (κ1) is 8.43. The molecule has 0 spiro atoms. The monoisotopic (exact) mass is 132 g/mol. The van der Waals surface area contributed by atoms with Crippen LogP contribution in [-0.4, -0.2) is 26.3 Å². The van der Waals surface area contributed by atoms with Crippen molar-refractivity contribution in [2.45, 2.75) is 19.4 Å². The van der Waals surface area contributed by atoms with Crippen molar-refractivity contribution < 1.29 is 14.3 Å². The van der Waals surface area contributed by atoms with E-state index in [0.29, 0.717) is 13.1 Å². The highest BCUT2D eigenvalue weighted by atomic mass is 16.5. The second-order valence-electron chi connectivity index (χ2n) is 1.82. The van der Waals surface area contributed by atoms with Gasteiger partial charge in [-0.15, -0.1) is 0 Å². The minimum Gasteiger partial charge on any atom is -0.465 e. The summed E-state index contributed by atoms with van der Waals surface area (Å²) in [7, 11) is 1.62. The predicted molar refractivity (Wildman–Crippen MR) is 33.1 cm³/mol. The highest BCUT2D eigenvalue weighted by molar-refractivity contribution is 5.37. The Hall–Kier alpha value is -0.570. The van der Waals surface area contributed by atoms with E-state index in [-0.39, 0.29) is 6.10 Å². The van der Waals surface area contributed by atoms with E-state index in [1.165, 1.54) is 0 Å². The van der Waals surface area contributed by atoms with Crippen LogP contribution in [0.15, 0.2) is 0 Å². The number of rotatable bonds is 5. The van der Waals surface area contributed by atoms with Crippen LogP contribution in [-0.2, 0) is 14.3 Å². The first-order valence-electron chi connectivity index (χ1n) is 2.89. The smallest absolute Gasteiger partial charge is 0.293 e. The van der Waals surface area contributed by atoms with E-state index >= 15 is 0 Å². The Balaban J connectivity index is 3.04. The van der Waals surface area contributed by atoms with Crippen molar-refractivity contribution in [3.63, 3.8) is 0 Å². The Morgan fingerprint density at radius 2 is 2.33 bits per heavy atom. The molecule has 9 heavy (non-hydrogen) atoms. The summed E-state index contributed by atoms with van der Waals surface area (Å²) in [5.41, 5.74) is 0. The average molecular weight is 132 g/mol. The molecule has 0 aliphatic heterocycles. The van der Waals surface area contributed by atoms with Crippen LogP contribution in [0.5, 0.6) is 0 Å². The normalized spacial score (nSPS) is 12.7. The summed E-state index contributed by atoms with van der Waals surface area (Å²) in [5.74, 6) is 0. The maximum Gasteiger partial charge on any atom is 0.293 e. The van der Waals surface area contributed by atoms with Crippen molar-refractivity contribution in [1.82, 2.24) is 0 Å². The van der Waals surface area contributed by atoms with Gasteiger partial charge < -0.3 is 9.47 Å². The first-order chi connectivity index (χ1) is 4.31. The van der Waals surface area contributed by atoms with Gasteiger partial charge in [0.1, 0.15) is 6.10 Å². The van der Waals surface area contributed by atoms with E-state index < -0.39 is 0 Å². The van der Waals surface area contributed by atoms with Gasteiger partial charge in [0.05, 0.1) is 0 Å². The van der Waals surface area contributed by atoms with Gasteiger partial charge in [-0.25, -0.2) is 0 Å². The average Bonchev–Trinajstić information content (AvgIpc) is 1.85. The summed E-state index contributed by atoms with van der Waals surface area (Å²) < 4.78 is 9.35. The fraction of sp³-hybridized carbons (Fsp3) is 0.833. The molecule has 3 nitrogen and oxygen atoms in total. The third kappa shape index (κ3) is 5.30. The Bertz CT molecular complexity index is 72.7. The minimum atomic E-state index is -0.0255. The molecule has 0 aliphatic rings. The molecule has 0 N–H and O–H groups in total. The molecule has 0 aromatic heterocycles. The van der Waals surface area contributed by atoms with Crippen LogP contribution in [0.2, 0.25) is 0 Å². The van der Waals surface area contributed by atoms with Crippen molar-refractivity contribution in [1.29, 1.82) is 0 Å². The summed E-state index contributed by atoms with van der Waals surface area (Å²) in [5, 5.41) is 0. The maximum atomic E-state index is 9.72. The van der Waals surface area contributed by atoms with Gasteiger partial charge in [0.2, 0.25) is 0 Å². The second-order valence-corrected chi connectivity index (χ2v) is 1.82. The van der Waals surface area contributed by atoms with Crippen LogP contribution < -0.4 is 0 Å². The number of hydrogen-bond donors (Lipinski definition) is 0. The zero-order valence-electron chi connectivity index (χ0n) is 5.79. The van der Waals surface area contributed by atoms with Gasteiger partial charge in [-0.2, -0.15) is 0 Å². The van der Waals surface area contributed by atoms with Crippen LogP contribution in [0.25, 0.3) is 0 Å². The van der Waals surface area contributed by atoms with E-state index in [1.807, 2.05) is 6.92 Å². The standard InChI is InChI=1S/C6H12O3/c1-6(9-5-7)3-4-8-2/h5-6H,3-4H2,1-2H3. The molecular weight excluding hydrogens is 120 g/mol. The molecule has 1 atom stereocenters. The molecule has 0 saturated heterocycles. The van der Waals surface area contributed by atoms with Gasteiger partial charge in [-0.05, 0) is 6.92 Å². The van der Waals surface area contributed by atoms with Gasteiger partial charge in [-0.3, -0.25) is 4.79 Å². The lowest BCUT2D eigenvalue weighted by Crippen LogP contribution is -2.09. The summed E-state index contributed by atoms with van der Waals surface area (Å²) in [6.45, 7) is 2.92. The summed E-state index contributed by atoms with van der Waals surface area (Å²) in [6.07, 6.45) is 0.734. The van der Waals surface area contributed by atoms with Gasteiger partial charge in [-0.1, -0.05) is 0 Å². The summed E-state index contributed by atoms with van der Waals surface area (Å²) >= 11 is 0. The van der Waals surface area contributed by atoms with Crippen LogP contribution in [0.3, 0.4) is 0 Å². The molecule has 54 valence electrons. The topological polar surface area (TPSA) is 35.5 Å². The number of ether oxygens (including phenoxy) is 2. The van der Waals surface area contributed by atoms with Crippen molar-refractivity contribution in [2.24, 2.45) is 0 Å². The molecule has 0 radical (unpaired) electrons. The molecule has 3 heteroatoms. The zero-order chi connectivity index (χ0) is 7.11. The fourth-order valence-electron chi connectivity index (χ4n) is 0.447. The van der Waals surface area contributed by atoms with E-state index in [4.69, 9.17) is 4.74 Å². The van der Waals surface area contributed by atoms with Crippen molar-refractivity contribution in [2.75, 3.05) is 13.7 Å². The maximum absolute atomic E-state index is 9.72. The van der Waals surface area contributed by atoms with E-state index in [0.717, 1.165) is 6.42 Å². The number of carbonyl (C=O) groups is 1. The molecule has 1 unspecified atom stereocenters. The third-order valence-corrected chi connectivity index (χ3v) is 1.02. The largest absolute Gasteiger partial charge is 0.465 e. The van der Waals surface area contributed by atoms with Gasteiger partial charge in [0.25, 0.3) is 6.47 Å². The quantitative estimate of drug-likeness (QED) is 0.513. The number of carbonyl (C=O) groups excluding carboxylic acids is 1. The van der Waals surface area contributed by atoms with Crippen molar-refractivity contribution in [3.8, 4) is 0 Å². The molecule has 0 aliphatic carbocycles. The van der Waals surface area contributed by atoms with Crippen LogP contribution in [0.4, 0.5) is 0 Å². The molecule has 0 fully saturated rings. The van der Waals surface area contributed by atoms with Gasteiger partial charge >= 0.3 is 0 Å². The lowest BCUT2D eigenvalue weighted by molar-refractivity contribution is -0.133. The molecular formula is C6H12O3. The van der Waals surface area contributed by atoms with Crippen LogP contribution in [0, 0.1) is 0 Å². The molecule has 0 aromatic rings. The molecule has 0 rings (SSSR count). The Morgan fingerprint density at radius 1 is 1.67 bits per heavy atom. The third-order valence-electron chi connectivity index (χ3n) is 1.02. The highest BCUT2D eigenvalue weighted by Crippen LogP contribution is 1.93. The molecule has 0 bridgehead atoms. The second kappa shape index (κ2) is 5.56. The van der Waals surface area contributed by atoms with Crippen molar-refractivity contribution in [3.05, 3.63) is 0 Å². The SMILES string of the molecule is COCCC(C)OC=O. The molecule has 0 saturated carbocycles. The number of hydrogen-bond acceptors (Lipinski definition) is 3. The lowest BCUT2D eigenvalue weighted by Gasteiger charge is -2.06. The van der Waals surface area contributed by atoms with Crippen LogP contribution >= 0.6 is 0 Å². The highest BCUT2D eigenvalue weighted by Gasteiger charge is 1.98. The zero-order valence-corrected chi connectivity index (χ0v) is 5.79. The van der Waals surface area contributed by atoms with Gasteiger partial charge in [0.15, 0.2) is 0 Å². The molecule has 0 heterocycles. The summed E-state index contributed by atoms with van der Waals surface area (Å²) in [6, 6.07) is 0. The molecule has 0 aromatic carbocycles. The Morgan fingerprint density at radius 3 is 2.78 bits per heavy atom. The first-order valence-corrected chi connectivity index (χ1v) is 2.89. The number of methoxy groups -OCH3 is 1.